The van der Waals surface area contributed by atoms with E-state index in [4.69, 9.17) is 5.73 Å². The van der Waals surface area contributed by atoms with Crippen molar-refractivity contribution in [2.75, 3.05) is 25.3 Å². The van der Waals surface area contributed by atoms with Crippen LogP contribution in [0, 0.1) is 5.92 Å². The van der Waals surface area contributed by atoms with E-state index in [1.807, 2.05) is 26.4 Å². The minimum Gasteiger partial charge on any atom is -1.00 e. The lowest BCUT2D eigenvalue weighted by atomic mass is 10.0. The van der Waals surface area contributed by atoms with E-state index >= 15 is 0 Å². The molecule has 0 aliphatic rings. The largest absolute Gasteiger partial charge is 1.00 e. The Kier molecular flexibility index (Phi) is 17.4. The molecule has 0 radical (unpaired) electrons. The van der Waals surface area contributed by atoms with Gasteiger partial charge in [0, 0.05) is 20.4 Å². The number of aliphatic carboxylic acids is 1. The summed E-state index contributed by atoms with van der Waals surface area (Å²) in [5.74, 6) is -3.64. The lowest BCUT2D eigenvalue weighted by Crippen LogP contribution is -3.00. The molecule has 0 aliphatic carbocycles. The van der Waals surface area contributed by atoms with Crippen molar-refractivity contribution in [1.29, 1.82) is 0 Å². The summed E-state index contributed by atoms with van der Waals surface area (Å²) in [6.45, 7) is 6.40. The number of nitrogens with zero attached hydrogens (tertiary/aromatic N) is 1. The predicted octanol–water partition coefficient (Wildman–Crippen LogP) is -4.41. The van der Waals surface area contributed by atoms with Crippen LogP contribution >= 0.6 is 0 Å². The molecule has 0 saturated carbocycles. The maximum absolute atomic E-state index is 13.0. The SMILES string of the molecule is CC(=O)N[C@H](CCC(=O)N(C)[C@@H](C[S+](C)C)C(=O)N[C@H](C)C(=O)N[C@@H](CC(C)C)C(N)=O)C(=O)O.[I-]. The van der Waals surface area contributed by atoms with Gasteiger partial charge in [0.15, 0.2) is 6.04 Å². The fourth-order valence-electron chi connectivity index (χ4n) is 3.19. The van der Waals surface area contributed by atoms with Crippen LogP contribution in [0.15, 0.2) is 0 Å². The second kappa shape index (κ2) is 17.4. The Morgan fingerprint density at radius 2 is 1.50 bits per heavy atom. The number of carbonyl (C=O) groups excluding carboxylic acids is 5. The number of likely N-dealkylation sites (N-methyl/N-ethyl adjacent to an activating group) is 1. The quantitative estimate of drug-likeness (QED) is 0.0878. The summed E-state index contributed by atoms with van der Waals surface area (Å²) in [5, 5.41) is 16.6. The van der Waals surface area contributed by atoms with Gasteiger partial charge in [-0.1, -0.05) is 13.8 Å². The number of carboxylic acids is 1. The van der Waals surface area contributed by atoms with E-state index in [0.29, 0.717) is 12.2 Å². The molecule has 0 spiro atoms. The summed E-state index contributed by atoms with van der Waals surface area (Å²) in [4.78, 5) is 73.6. The molecule has 0 bridgehead atoms. The Morgan fingerprint density at radius 3 is 1.92 bits per heavy atom. The van der Waals surface area contributed by atoms with Gasteiger partial charge in [0.2, 0.25) is 29.5 Å². The molecule has 36 heavy (non-hydrogen) atoms. The van der Waals surface area contributed by atoms with Gasteiger partial charge in [-0.05, 0) is 36.6 Å². The van der Waals surface area contributed by atoms with Gasteiger partial charge in [0.25, 0.3) is 0 Å². The minimum absolute atomic E-state index is 0. The van der Waals surface area contributed by atoms with Crippen LogP contribution in [-0.2, 0) is 39.7 Å². The monoisotopic (exact) mass is 645 g/mol. The number of nitrogens with one attached hydrogen (secondary N) is 3. The van der Waals surface area contributed by atoms with Crippen molar-refractivity contribution in [1.82, 2.24) is 20.9 Å². The number of rotatable bonds is 15. The Bertz CT molecular complexity index is 797. The number of carbonyl (C=O) groups is 6. The van der Waals surface area contributed by atoms with E-state index in [-0.39, 0.29) is 53.6 Å². The summed E-state index contributed by atoms with van der Waals surface area (Å²) in [7, 11) is 1.19. The topological polar surface area (TPSA) is 188 Å². The highest BCUT2D eigenvalue weighted by Gasteiger charge is 2.34. The fraction of sp³-hybridized carbons (Fsp3) is 0.727. The summed E-state index contributed by atoms with van der Waals surface area (Å²) < 4.78 is 0. The highest BCUT2D eigenvalue weighted by molar-refractivity contribution is 7.95. The first-order valence-corrected chi connectivity index (χ1v) is 13.5. The smallest absolute Gasteiger partial charge is 0.326 e. The summed E-state index contributed by atoms with van der Waals surface area (Å²) >= 11 is 0. The summed E-state index contributed by atoms with van der Waals surface area (Å²) in [5.41, 5.74) is 5.36. The Labute approximate surface area is 232 Å². The Hall–Kier alpha value is -2.10. The number of hydrogen-bond acceptors (Lipinski definition) is 6. The number of carboxylic acid groups (broad SMARTS) is 1. The normalized spacial score (nSPS) is 14.0. The number of amides is 5. The zero-order valence-electron chi connectivity index (χ0n) is 21.9. The van der Waals surface area contributed by atoms with Crippen molar-refractivity contribution in [2.45, 2.75) is 71.1 Å². The summed E-state index contributed by atoms with van der Waals surface area (Å²) in [6.07, 6.45) is 3.81. The highest BCUT2D eigenvalue weighted by atomic mass is 127. The lowest BCUT2D eigenvalue weighted by molar-refractivity contribution is -0.143. The standard InChI is InChI=1S/C22H39N5O7S.HI/c1-12(2)10-16(19(23)30)26-20(31)13(3)24-21(32)17(11-35(6)7)27(5)18(29)9-8-15(22(33)34)25-14(4)28;/h12-13,15-17H,8-11H2,1-7H3,(H5-,23,24,25,26,28,30,31,32,33,34);1H/t13-,15-,16+,17+;/m1./s1. The van der Waals surface area contributed by atoms with Crippen LogP contribution in [0.25, 0.3) is 0 Å². The third kappa shape index (κ3) is 13.8. The van der Waals surface area contributed by atoms with Crippen LogP contribution in [0.1, 0.15) is 47.0 Å². The van der Waals surface area contributed by atoms with Crippen molar-refractivity contribution in [3.63, 3.8) is 0 Å². The van der Waals surface area contributed by atoms with E-state index in [0.717, 1.165) is 0 Å². The maximum atomic E-state index is 13.0. The van der Waals surface area contributed by atoms with E-state index < -0.39 is 59.7 Å². The predicted molar refractivity (Wildman–Crippen MR) is 133 cm³/mol. The second-order valence-corrected chi connectivity index (χ2v) is 11.4. The molecule has 0 aromatic heterocycles. The molecule has 0 saturated heterocycles. The molecule has 6 N–H and O–H groups in total. The molecular formula is C22H40IN5O7S. The number of hydrogen-bond donors (Lipinski definition) is 5. The van der Waals surface area contributed by atoms with Crippen LogP contribution in [0.2, 0.25) is 0 Å². The van der Waals surface area contributed by atoms with E-state index in [2.05, 4.69) is 16.0 Å². The van der Waals surface area contributed by atoms with E-state index in [1.54, 1.807) is 0 Å². The zero-order chi connectivity index (χ0) is 27.5. The molecule has 208 valence electrons. The van der Waals surface area contributed by atoms with Crippen molar-refractivity contribution in [3.8, 4) is 0 Å². The van der Waals surface area contributed by atoms with Crippen molar-refractivity contribution in [3.05, 3.63) is 0 Å². The highest BCUT2D eigenvalue weighted by Crippen LogP contribution is 2.09. The molecule has 0 aromatic rings. The fourth-order valence-corrected chi connectivity index (χ4v) is 4.20. The van der Waals surface area contributed by atoms with Gasteiger partial charge < -0.3 is 55.7 Å². The third-order valence-corrected chi connectivity index (χ3v) is 6.08. The molecule has 14 heteroatoms. The maximum Gasteiger partial charge on any atom is 0.326 e. The van der Waals surface area contributed by atoms with Crippen molar-refractivity contribution >= 4 is 46.4 Å². The van der Waals surface area contributed by atoms with Crippen LogP contribution in [0.5, 0.6) is 0 Å². The average molecular weight is 646 g/mol. The molecule has 12 nitrogen and oxygen atoms in total. The molecule has 0 aromatic carbocycles. The van der Waals surface area contributed by atoms with Gasteiger partial charge in [-0.25, -0.2) is 4.79 Å². The first-order valence-electron chi connectivity index (χ1n) is 11.3. The molecule has 0 rings (SSSR count). The second-order valence-electron chi connectivity index (χ2n) is 9.13. The molecular weight excluding hydrogens is 605 g/mol. The third-order valence-electron chi connectivity index (χ3n) is 5.10. The number of halogens is 1. The van der Waals surface area contributed by atoms with E-state index in [9.17, 15) is 33.9 Å². The lowest BCUT2D eigenvalue weighted by Gasteiger charge is -2.28. The van der Waals surface area contributed by atoms with Gasteiger partial charge in [0.05, 0.1) is 12.5 Å². The first-order chi connectivity index (χ1) is 16.1. The first kappa shape index (κ1) is 36.1. The molecule has 0 heterocycles. The Morgan fingerprint density at radius 1 is 0.944 bits per heavy atom. The van der Waals surface area contributed by atoms with Gasteiger partial charge in [-0.2, -0.15) is 0 Å². The molecule has 0 aliphatic heterocycles. The molecule has 4 atom stereocenters. The van der Waals surface area contributed by atoms with Crippen molar-refractivity contribution < 1.29 is 57.9 Å². The number of primary amides is 1. The molecule has 0 unspecified atom stereocenters. The van der Waals surface area contributed by atoms with Gasteiger partial charge in [-0.3, -0.25) is 24.0 Å². The van der Waals surface area contributed by atoms with Crippen LogP contribution < -0.4 is 45.7 Å². The zero-order valence-corrected chi connectivity index (χ0v) is 24.9. The van der Waals surface area contributed by atoms with Gasteiger partial charge in [0.1, 0.15) is 23.9 Å². The Balaban J connectivity index is 0. The van der Waals surface area contributed by atoms with Crippen LogP contribution in [-0.4, -0.2) is 95.0 Å². The number of nitrogens with two attached hydrogens (primary N) is 1. The van der Waals surface area contributed by atoms with Gasteiger partial charge >= 0.3 is 5.97 Å². The molecule has 0 fully saturated rings. The molecule has 5 amide bonds. The van der Waals surface area contributed by atoms with Crippen LogP contribution in [0.3, 0.4) is 0 Å². The minimum atomic E-state index is -1.26. The van der Waals surface area contributed by atoms with Gasteiger partial charge in [-0.15, -0.1) is 0 Å². The van der Waals surface area contributed by atoms with Crippen molar-refractivity contribution in [2.24, 2.45) is 11.7 Å². The van der Waals surface area contributed by atoms with E-state index in [1.165, 1.54) is 25.8 Å². The average Bonchev–Trinajstić information content (AvgIpc) is 2.72. The van der Waals surface area contributed by atoms with Crippen LogP contribution in [0.4, 0.5) is 0 Å². The summed E-state index contributed by atoms with van der Waals surface area (Å²) in [6, 6.07) is -3.99.